The highest BCUT2D eigenvalue weighted by Crippen LogP contribution is 2.27. The van der Waals surface area contributed by atoms with Crippen molar-refractivity contribution in [2.45, 2.75) is 78.2 Å². The van der Waals surface area contributed by atoms with Crippen molar-refractivity contribution in [3.8, 4) is 0 Å². The highest BCUT2D eigenvalue weighted by atomic mass is 19.4. The first-order valence-electron chi connectivity index (χ1n) is 9.85. The van der Waals surface area contributed by atoms with E-state index < -0.39 is 48.9 Å². The van der Waals surface area contributed by atoms with E-state index in [0.717, 1.165) is 5.92 Å². The number of ether oxygens (including phenoxy) is 2. The highest BCUT2D eigenvalue weighted by Gasteiger charge is 2.33. The predicted octanol–water partition coefficient (Wildman–Crippen LogP) is 5.84. The summed E-state index contributed by atoms with van der Waals surface area (Å²) >= 11 is 0. The average Bonchev–Trinajstić information content (AvgIpc) is 3.37. The van der Waals surface area contributed by atoms with E-state index in [1.807, 2.05) is 0 Å². The van der Waals surface area contributed by atoms with Crippen LogP contribution < -0.4 is 0 Å². The SMILES string of the molecule is CC(C)(C)OC(=O)C[C@@H](CCC(F)(F)F)C(=O)OCc1ccccc1.CC1CC1. The Morgan fingerprint density at radius 1 is 1.10 bits per heavy atom. The molecule has 0 aliphatic heterocycles. The molecule has 1 saturated carbocycles. The van der Waals surface area contributed by atoms with E-state index in [4.69, 9.17) is 9.47 Å². The Morgan fingerprint density at radius 2 is 1.66 bits per heavy atom. The summed E-state index contributed by atoms with van der Waals surface area (Å²) in [7, 11) is 0. The van der Waals surface area contributed by atoms with Gasteiger partial charge in [0.25, 0.3) is 0 Å². The van der Waals surface area contributed by atoms with E-state index in [9.17, 15) is 22.8 Å². The molecule has 1 atom stereocenters. The van der Waals surface area contributed by atoms with Gasteiger partial charge in [-0.3, -0.25) is 9.59 Å². The smallest absolute Gasteiger partial charge is 0.389 e. The molecule has 29 heavy (non-hydrogen) atoms. The Kier molecular flexibility index (Phi) is 9.66. The number of rotatable bonds is 7. The van der Waals surface area contributed by atoms with Crippen LogP contribution in [0.15, 0.2) is 30.3 Å². The Morgan fingerprint density at radius 3 is 2.10 bits per heavy atom. The fourth-order valence-corrected chi connectivity index (χ4v) is 2.24. The first-order chi connectivity index (χ1) is 13.4. The predicted molar refractivity (Wildman–Crippen MR) is 104 cm³/mol. The van der Waals surface area contributed by atoms with Gasteiger partial charge >= 0.3 is 18.1 Å². The van der Waals surface area contributed by atoms with Crippen molar-refractivity contribution in [1.82, 2.24) is 0 Å². The summed E-state index contributed by atoms with van der Waals surface area (Å²) < 4.78 is 47.6. The summed E-state index contributed by atoms with van der Waals surface area (Å²) in [6.07, 6.45) is -3.57. The third-order valence-corrected chi connectivity index (χ3v) is 4.03. The molecule has 0 amide bonds. The molecule has 0 bridgehead atoms. The minimum Gasteiger partial charge on any atom is -0.461 e. The molecule has 1 aliphatic carbocycles. The number of hydrogen-bond acceptors (Lipinski definition) is 4. The number of carbonyl (C=O) groups excluding carboxylic acids is 2. The van der Waals surface area contributed by atoms with E-state index in [2.05, 4.69) is 6.92 Å². The molecule has 2 rings (SSSR count). The van der Waals surface area contributed by atoms with Crippen LogP contribution in [0.4, 0.5) is 13.2 Å². The van der Waals surface area contributed by atoms with Gasteiger partial charge in [-0.05, 0) is 38.7 Å². The zero-order valence-corrected chi connectivity index (χ0v) is 17.6. The van der Waals surface area contributed by atoms with E-state index in [0.29, 0.717) is 5.56 Å². The third-order valence-electron chi connectivity index (χ3n) is 4.03. The van der Waals surface area contributed by atoms with E-state index in [-0.39, 0.29) is 6.61 Å². The topological polar surface area (TPSA) is 52.6 Å². The van der Waals surface area contributed by atoms with Crippen LogP contribution in [0.3, 0.4) is 0 Å². The van der Waals surface area contributed by atoms with Gasteiger partial charge in [-0.1, -0.05) is 50.1 Å². The summed E-state index contributed by atoms with van der Waals surface area (Å²) in [4.78, 5) is 24.0. The summed E-state index contributed by atoms with van der Waals surface area (Å²) in [5, 5.41) is 0. The van der Waals surface area contributed by atoms with Crippen LogP contribution >= 0.6 is 0 Å². The molecular weight excluding hydrogens is 385 g/mol. The fourth-order valence-electron chi connectivity index (χ4n) is 2.24. The molecule has 0 unspecified atom stereocenters. The van der Waals surface area contributed by atoms with Gasteiger partial charge in [-0.15, -0.1) is 0 Å². The lowest BCUT2D eigenvalue weighted by molar-refractivity contribution is -0.165. The Hall–Kier alpha value is -2.05. The minimum atomic E-state index is -4.41. The Bertz CT molecular complexity index is 632. The zero-order valence-electron chi connectivity index (χ0n) is 17.6. The van der Waals surface area contributed by atoms with Crippen LogP contribution in [-0.4, -0.2) is 23.7 Å². The standard InChI is InChI=1S/C18H23F3O4.C4H8/c1-17(2,3)25-15(22)11-14(9-10-18(19,20)21)16(23)24-12-13-7-5-4-6-8-13;1-4-2-3-4/h4-8,14H,9-12H2,1-3H3;4H,2-3H2,1H3/t14-;/m1./s1. The third kappa shape index (κ3) is 13.7. The van der Waals surface area contributed by atoms with Gasteiger partial charge in [-0.2, -0.15) is 13.2 Å². The lowest BCUT2D eigenvalue weighted by atomic mass is 9.99. The molecule has 1 aliphatic rings. The molecule has 0 N–H and O–H groups in total. The lowest BCUT2D eigenvalue weighted by Gasteiger charge is -2.22. The quantitative estimate of drug-likeness (QED) is 0.524. The zero-order chi connectivity index (χ0) is 22.1. The van der Waals surface area contributed by atoms with Gasteiger partial charge in [-0.25, -0.2) is 0 Å². The van der Waals surface area contributed by atoms with Gasteiger partial charge in [0.05, 0.1) is 12.3 Å². The van der Waals surface area contributed by atoms with Crippen molar-refractivity contribution < 1.29 is 32.2 Å². The Labute approximate surface area is 170 Å². The molecule has 0 aromatic heterocycles. The van der Waals surface area contributed by atoms with Crippen LogP contribution in [0, 0.1) is 11.8 Å². The van der Waals surface area contributed by atoms with Crippen LogP contribution in [0.25, 0.3) is 0 Å². The molecule has 0 radical (unpaired) electrons. The summed E-state index contributed by atoms with van der Waals surface area (Å²) in [5.41, 5.74) is -0.0673. The summed E-state index contributed by atoms with van der Waals surface area (Å²) in [6, 6.07) is 8.76. The van der Waals surface area contributed by atoms with Crippen molar-refractivity contribution in [2.75, 3.05) is 0 Å². The van der Waals surface area contributed by atoms with Crippen molar-refractivity contribution in [2.24, 2.45) is 11.8 Å². The number of hydrogen-bond donors (Lipinski definition) is 0. The first-order valence-corrected chi connectivity index (χ1v) is 9.85. The number of carbonyl (C=O) groups is 2. The average molecular weight is 416 g/mol. The summed E-state index contributed by atoms with van der Waals surface area (Å²) in [6.45, 7) is 7.15. The molecular formula is C22H31F3O4. The fraction of sp³-hybridized carbons (Fsp3) is 0.636. The first kappa shape index (κ1) is 25.0. The second-order valence-corrected chi connectivity index (χ2v) is 8.42. The van der Waals surface area contributed by atoms with E-state index in [1.165, 1.54) is 12.8 Å². The number of esters is 2. The van der Waals surface area contributed by atoms with Crippen molar-refractivity contribution in [3.63, 3.8) is 0 Å². The molecule has 0 heterocycles. The number of alkyl halides is 3. The molecule has 7 heteroatoms. The van der Waals surface area contributed by atoms with Gasteiger partial charge in [0.1, 0.15) is 12.2 Å². The molecule has 0 spiro atoms. The van der Waals surface area contributed by atoms with Crippen LogP contribution in [0.2, 0.25) is 0 Å². The second-order valence-electron chi connectivity index (χ2n) is 8.42. The van der Waals surface area contributed by atoms with Crippen LogP contribution in [-0.2, 0) is 25.7 Å². The normalized spacial score (nSPS) is 15.0. The molecule has 4 nitrogen and oxygen atoms in total. The van der Waals surface area contributed by atoms with Gasteiger partial charge < -0.3 is 9.47 Å². The van der Waals surface area contributed by atoms with Gasteiger partial charge in [0.15, 0.2) is 0 Å². The maximum absolute atomic E-state index is 12.5. The molecule has 1 fully saturated rings. The summed E-state index contributed by atoms with van der Waals surface area (Å²) in [5.74, 6) is -1.67. The van der Waals surface area contributed by atoms with Crippen LogP contribution in [0.1, 0.15) is 65.4 Å². The lowest BCUT2D eigenvalue weighted by Crippen LogP contribution is -2.28. The maximum Gasteiger partial charge on any atom is 0.389 e. The maximum atomic E-state index is 12.5. The highest BCUT2D eigenvalue weighted by molar-refractivity contribution is 5.80. The largest absolute Gasteiger partial charge is 0.461 e. The van der Waals surface area contributed by atoms with Gasteiger partial charge in [0, 0.05) is 6.42 Å². The number of halogens is 3. The molecule has 164 valence electrons. The van der Waals surface area contributed by atoms with E-state index >= 15 is 0 Å². The van der Waals surface area contributed by atoms with Gasteiger partial charge in [0.2, 0.25) is 0 Å². The van der Waals surface area contributed by atoms with Crippen LogP contribution in [0.5, 0.6) is 0 Å². The van der Waals surface area contributed by atoms with E-state index in [1.54, 1.807) is 51.1 Å². The van der Waals surface area contributed by atoms with Crippen molar-refractivity contribution >= 4 is 11.9 Å². The molecule has 0 saturated heterocycles. The number of benzene rings is 1. The monoisotopic (exact) mass is 416 g/mol. The Balaban J connectivity index is 0.000000929. The molecule has 1 aromatic carbocycles. The van der Waals surface area contributed by atoms with Crippen molar-refractivity contribution in [3.05, 3.63) is 35.9 Å². The molecule has 1 aromatic rings. The minimum absolute atomic E-state index is 0.0590. The second kappa shape index (κ2) is 11.2. The van der Waals surface area contributed by atoms with Crippen molar-refractivity contribution in [1.29, 1.82) is 0 Å².